The van der Waals surface area contributed by atoms with Gasteiger partial charge in [-0.2, -0.15) is 11.3 Å². The fraction of sp³-hybridized carbons (Fsp3) is 0.444. The molecule has 6 heteroatoms. The minimum absolute atomic E-state index is 0.441. The van der Waals surface area contributed by atoms with Crippen LogP contribution in [0.15, 0.2) is 40.1 Å². The number of nitrogens with one attached hydrogen (secondary N) is 2. The van der Waals surface area contributed by atoms with E-state index in [-0.39, 0.29) is 0 Å². The molecule has 0 aliphatic heterocycles. The Morgan fingerprint density at radius 1 is 1.38 bits per heavy atom. The van der Waals surface area contributed by atoms with E-state index < -0.39 is 0 Å². The van der Waals surface area contributed by atoms with Crippen LogP contribution in [-0.4, -0.2) is 31.1 Å². The summed E-state index contributed by atoms with van der Waals surface area (Å²) in [5.74, 6) is 1.91. The van der Waals surface area contributed by atoms with Gasteiger partial charge in [-0.3, -0.25) is 4.99 Å². The molecule has 0 saturated carbocycles. The highest BCUT2D eigenvalue weighted by Gasteiger charge is 2.08. The summed E-state index contributed by atoms with van der Waals surface area (Å²) in [5, 5.41) is 11.0. The molecular formula is C18H26N4OS. The number of ether oxygens (including phenoxy) is 1. The molecule has 2 heterocycles. The highest BCUT2D eigenvalue weighted by Crippen LogP contribution is 2.17. The molecule has 0 radical (unpaired) electrons. The van der Waals surface area contributed by atoms with Crippen molar-refractivity contribution in [3.05, 3.63) is 46.3 Å². The van der Waals surface area contributed by atoms with Gasteiger partial charge in [0.05, 0.1) is 6.61 Å². The molecular weight excluding hydrogens is 320 g/mol. The molecule has 1 unspecified atom stereocenters. The van der Waals surface area contributed by atoms with Crippen molar-refractivity contribution in [3.8, 4) is 5.88 Å². The molecule has 0 spiro atoms. The van der Waals surface area contributed by atoms with Crippen molar-refractivity contribution in [2.45, 2.75) is 32.7 Å². The summed E-state index contributed by atoms with van der Waals surface area (Å²) < 4.78 is 5.69. The molecule has 2 N–H and O–H groups in total. The summed E-state index contributed by atoms with van der Waals surface area (Å²) in [6.07, 6.45) is 2.72. The van der Waals surface area contributed by atoms with Crippen LogP contribution in [0.5, 0.6) is 5.88 Å². The predicted molar refractivity (Wildman–Crippen MR) is 101 cm³/mol. The highest BCUT2D eigenvalue weighted by atomic mass is 32.1. The average molecular weight is 347 g/mol. The zero-order valence-electron chi connectivity index (χ0n) is 14.6. The first kappa shape index (κ1) is 18.3. The Kier molecular flexibility index (Phi) is 7.55. The normalized spacial score (nSPS) is 12.7. The molecule has 2 rings (SSSR count). The van der Waals surface area contributed by atoms with Crippen LogP contribution in [0.25, 0.3) is 0 Å². The van der Waals surface area contributed by atoms with E-state index in [1.165, 1.54) is 5.56 Å². The van der Waals surface area contributed by atoms with E-state index in [1.807, 2.05) is 12.1 Å². The number of pyridine rings is 1. The largest absolute Gasteiger partial charge is 0.477 e. The molecule has 2 aromatic rings. The van der Waals surface area contributed by atoms with Crippen molar-refractivity contribution in [1.29, 1.82) is 0 Å². The average Bonchev–Trinajstić information content (AvgIpc) is 3.15. The van der Waals surface area contributed by atoms with Crippen LogP contribution in [0.2, 0.25) is 0 Å². The standard InChI is InChI=1S/C18H26N4OS/c1-4-9-23-17-15(6-5-8-20-17)12-22-18(19-3)21-11-14(2)16-7-10-24-13-16/h5-8,10,13-14H,4,9,11-12H2,1-3H3,(H2,19,21,22). The fourth-order valence-corrected chi connectivity index (χ4v) is 2.99. The van der Waals surface area contributed by atoms with E-state index in [0.717, 1.165) is 24.5 Å². The van der Waals surface area contributed by atoms with Gasteiger partial charge in [0, 0.05) is 31.9 Å². The Balaban J connectivity index is 1.85. The quantitative estimate of drug-likeness (QED) is 0.568. The van der Waals surface area contributed by atoms with Gasteiger partial charge in [-0.05, 0) is 40.8 Å². The maximum atomic E-state index is 5.69. The van der Waals surface area contributed by atoms with Crippen LogP contribution in [0.4, 0.5) is 0 Å². The van der Waals surface area contributed by atoms with Crippen LogP contribution in [0, 0.1) is 0 Å². The van der Waals surface area contributed by atoms with Gasteiger partial charge < -0.3 is 15.4 Å². The smallest absolute Gasteiger partial charge is 0.218 e. The van der Waals surface area contributed by atoms with Gasteiger partial charge >= 0.3 is 0 Å². The zero-order chi connectivity index (χ0) is 17.2. The van der Waals surface area contributed by atoms with Crippen LogP contribution < -0.4 is 15.4 Å². The molecule has 0 amide bonds. The lowest BCUT2D eigenvalue weighted by Gasteiger charge is -2.16. The summed E-state index contributed by atoms with van der Waals surface area (Å²) in [6, 6.07) is 6.11. The topological polar surface area (TPSA) is 58.5 Å². The van der Waals surface area contributed by atoms with Gasteiger partial charge in [-0.25, -0.2) is 4.98 Å². The van der Waals surface area contributed by atoms with Crippen LogP contribution >= 0.6 is 11.3 Å². The fourth-order valence-electron chi connectivity index (χ4n) is 2.21. The van der Waals surface area contributed by atoms with E-state index in [1.54, 1.807) is 24.6 Å². The SMILES string of the molecule is CCCOc1ncccc1CNC(=NC)NCC(C)c1ccsc1. The Morgan fingerprint density at radius 2 is 2.25 bits per heavy atom. The lowest BCUT2D eigenvalue weighted by molar-refractivity contribution is 0.301. The number of rotatable bonds is 8. The second-order valence-corrected chi connectivity index (χ2v) is 6.36. The number of guanidine groups is 1. The highest BCUT2D eigenvalue weighted by molar-refractivity contribution is 7.07. The first-order chi connectivity index (χ1) is 11.7. The molecule has 0 fully saturated rings. The number of aliphatic imine (C=N–C) groups is 1. The number of hydrogen-bond donors (Lipinski definition) is 2. The zero-order valence-corrected chi connectivity index (χ0v) is 15.4. The summed E-state index contributed by atoms with van der Waals surface area (Å²) >= 11 is 1.73. The second kappa shape index (κ2) is 9.93. The first-order valence-corrected chi connectivity index (χ1v) is 9.22. The van der Waals surface area contributed by atoms with Crippen LogP contribution in [0.3, 0.4) is 0 Å². The summed E-state index contributed by atoms with van der Waals surface area (Å²) in [4.78, 5) is 8.59. The number of hydrogen-bond acceptors (Lipinski definition) is 4. The molecule has 0 aliphatic carbocycles. The van der Waals surface area contributed by atoms with Crippen molar-refractivity contribution in [3.63, 3.8) is 0 Å². The summed E-state index contributed by atoms with van der Waals surface area (Å²) in [7, 11) is 1.78. The monoisotopic (exact) mass is 346 g/mol. The van der Waals surface area contributed by atoms with Crippen molar-refractivity contribution in [2.24, 2.45) is 4.99 Å². The third-order valence-electron chi connectivity index (χ3n) is 3.65. The lowest BCUT2D eigenvalue weighted by atomic mass is 10.1. The molecule has 0 aliphatic rings. The van der Waals surface area contributed by atoms with E-state index in [4.69, 9.17) is 4.74 Å². The first-order valence-electron chi connectivity index (χ1n) is 8.27. The summed E-state index contributed by atoms with van der Waals surface area (Å²) in [5.41, 5.74) is 2.38. The van der Waals surface area contributed by atoms with Gasteiger partial charge in [-0.15, -0.1) is 0 Å². The van der Waals surface area contributed by atoms with E-state index in [0.29, 0.717) is 24.9 Å². The molecule has 0 aromatic carbocycles. The predicted octanol–water partition coefficient (Wildman–Crippen LogP) is 3.40. The Hall–Kier alpha value is -2.08. The number of nitrogens with zero attached hydrogens (tertiary/aromatic N) is 2. The minimum atomic E-state index is 0.441. The van der Waals surface area contributed by atoms with Crippen LogP contribution in [0.1, 0.15) is 37.3 Å². The lowest BCUT2D eigenvalue weighted by Crippen LogP contribution is -2.38. The van der Waals surface area contributed by atoms with E-state index in [2.05, 4.69) is 51.3 Å². The van der Waals surface area contributed by atoms with Crippen LogP contribution in [-0.2, 0) is 6.54 Å². The molecule has 130 valence electrons. The summed E-state index contributed by atoms with van der Waals surface area (Å²) in [6.45, 7) is 6.43. The third kappa shape index (κ3) is 5.53. The van der Waals surface area contributed by atoms with Gasteiger partial charge in [0.1, 0.15) is 0 Å². The van der Waals surface area contributed by atoms with Crippen molar-refractivity contribution < 1.29 is 4.74 Å². The molecule has 1 atom stereocenters. The Labute approximate surface area is 148 Å². The van der Waals surface area contributed by atoms with E-state index in [9.17, 15) is 0 Å². The minimum Gasteiger partial charge on any atom is -0.477 e. The number of thiophene rings is 1. The van der Waals surface area contributed by atoms with Gasteiger partial charge in [0.25, 0.3) is 0 Å². The molecule has 0 bridgehead atoms. The van der Waals surface area contributed by atoms with Crippen molar-refractivity contribution in [1.82, 2.24) is 15.6 Å². The van der Waals surface area contributed by atoms with Gasteiger partial charge in [0.15, 0.2) is 5.96 Å². The molecule has 2 aromatic heterocycles. The maximum absolute atomic E-state index is 5.69. The third-order valence-corrected chi connectivity index (χ3v) is 4.35. The molecule has 24 heavy (non-hydrogen) atoms. The van der Waals surface area contributed by atoms with Gasteiger partial charge in [0.2, 0.25) is 5.88 Å². The number of aromatic nitrogens is 1. The second-order valence-electron chi connectivity index (χ2n) is 5.58. The van der Waals surface area contributed by atoms with E-state index >= 15 is 0 Å². The Morgan fingerprint density at radius 3 is 2.96 bits per heavy atom. The van der Waals surface area contributed by atoms with Gasteiger partial charge in [-0.1, -0.05) is 19.9 Å². The van der Waals surface area contributed by atoms with Crippen molar-refractivity contribution in [2.75, 3.05) is 20.2 Å². The Bertz CT molecular complexity index is 628. The van der Waals surface area contributed by atoms with Crippen molar-refractivity contribution >= 4 is 17.3 Å². The molecule has 0 saturated heterocycles. The molecule has 5 nitrogen and oxygen atoms in total. The maximum Gasteiger partial charge on any atom is 0.218 e.